The normalized spacial score (nSPS) is 15.6. The zero-order valence-electron chi connectivity index (χ0n) is 16.4. The molecule has 5 nitrogen and oxygen atoms in total. The summed E-state index contributed by atoms with van der Waals surface area (Å²) in [7, 11) is 1.66. The van der Waals surface area contributed by atoms with Gasteiger partial charge in [-0.3, -0.25) is 0 Å². The summed E-state index contributed by atoms with van der Waals surface area (Å²) in [5.41, 5.74) is 2.94. The van der Waals surface area contributed by atoms with Crippen molar-refractivity contribution >= 4 is 17.0 Å². The molecule has 1 aromatic heterocycles. The minimum Gasteiger partial charge on any atom is -0.497 e. The van der Waals surface area contributed by atoms with E-state index in [2.05, 4.69) is 9.95 Å². The Morgan fingerprint density at radius 1 is 1.10 bits per heavy atom. The Labute approximate surface area is 173 Å². The summed E-state index contributed by atoms with van der Waals surface area (Å²) in [5.74, 6) is 0.586. The molecule has 0 spiro atoms. The Balaban J connectivity index is 1.67. The molecule has 2 aromatic carbocycles. The summed E-state index contributed by atoms with van der Waals surface area (Å²) in [6.07, 6.45) is 0. The van der Waals surface area contributed by atoms with E-state index in [0.29, 0.717) is 0 Å². The SMILES string of the molecule is COc1ccc(N=c2scc(-c3ccc(F)cc3)n2CC[NH+]2CCOCC2)cc1. The molecule has 0 radical (unpaired) electrons. The number of ether oxygens (including phenoxy) is 2. The number of rotatable bonds is 6. The third-order valence-electron chi connectivity index (χ3n) is 5.12. The fraction of sp³-hybridized carbons (Fsp3) is 0.318. The van der Waals surface area contributed by atoms with Gasteiger partial charge in [-0.15, -0.1) is 11.3 Å². The molecule has 0 amide bonds. The third kappa shape index (κ3) is 4.93. The fourth-order valence-electron chi connectivity index (χ4n) is 3.43. The zero-order valence-corrected chi connectivity index (χ0v) is 17.3. The van der Waals surface area contributed by atoms with E-state index in [9.17, 15) is 4.39 Å². The minimum absolute atomic E-state index is 0.226. The van der Waals surface area contributed by atoms with Crippen LogP contribution in [0.3, 0.4) is 0 Å². The van der Waals surface area contributed by atoms with Crippen molar-refractivity contribution in [2.75, 3.05) is 40.0 Å². The summed E-state index contributed by atoms with van der Waals surface area (Å²) in [6.45, 7) is 5.54. The van der Waals surface area contributed by atoms with Crippen LogP contribution in [0.15, 0.2) is 58.9 Å². The zero-order chi connectivity index (χ0) is 20.1. The summed E-state index contributed by atoms with van der Waals surface area (Å²) >= 11 is 1.60. The molecule has 1 fully saturated rings. The van der Waals surface area contributed by atoms with Crippen molar-refractivity contribution in [3.05, 3.63) is 64.5 Å². The predicted octanol–water partition coefficient (Wildman–Crippen LogP) is 2.51. The van der Waals surface area contributed by atoms with Gasteiger partial charge in [0, 0.05) is 5.38 Å². The van der Waals surface area contributed by atoms with Gasteiger partial charge in [0.1, 0.15) is 24.7 Å². The summed E-state index contributed by atoms with van der Waals surface area (Å²) in [5, 5.41) is 2.10. The summed E-state index contributed by atoms with van der Waals surface area (Å²) in [4.78, 5) is 7.33. The van der Waals surface area contributed by atoms with Crippen LogP contribution < -0.4 is 14.4 Å². The first-order valence-electron chi connectivity index (χ1n) is 9.77. The van der Waals surface area contributed by atoms with E-state index in [4.69, 9.17) is 14.5 Å². The number of halogens is 1. The lowest BCUT2D eigenvalue weighted by molar-refractivity contribution is -0.908. The molecule has 0 atom stereocenters. The number of nitrogens with one attached hydrogen (secondary N) is 1. The van der Waals surface area contributed by atoms with Crippen molar-refractivity contribution in [1.29, 1.82) is 0 Å². The quantitative estimate of drug-likeness (QED) is 0.673. The number of morpholine rings is 1. The van der Waals surface area contributed by atoms with Gasteiger partial charge in [0.25, 0.3) is 0 Å². The van der Waals surface area contributed by atoms with E-state index in [1.807, 2.05) is 36.4 Å². The largest absolute Gasteiger partial charge is 0.497 e. The van der Waals surface area contributed by atoms with E-state index in [1.165, 1.54) is 17.0 Å². The number of aromatic nitrogens is 1. The second-order valence-corrected chi connectivity index (χ2v) is 7.82. The Bertz CT molecular complexity index is 990. The van der Waals surface area contributed by atoms with Gasteiger partial charge in [-0.2, -0.15) is 0 Å². The van der Waals surface area contributed by atoms with Crippen LogP contribution in [0.4, 0.5) is 10.1 Å². The van der Waals surface area contributed by atoms with Crippen LogP contribution in [0.5, 0.6) is 5.75 Å². The molecule has 3 aromatic rings. The Kier molecular flexibility index (Phi) is 6.39. The van der Waals surface area contributed by atoms with Crippen molar-refractivity contribution < 1.29 is 18.8 Å². The van der Waals surface area contributed by atoms with Crippen molar-refractivity contribution in [1.82, 2.24) is 4.57 Å². The molecular weight excluding hydrogens is 389 g/mol. The molecule has 1 aliphatic rings. The number of quaternary nitrogens is 1. The molecule has 1 N–H and O–H groups in total. The summed E-state index contributed by atoms with van der Waals surface area (Å²) in [6, 6.07) is 14.4. The number of methoxy groups -OCH3 is 1. The topological polar surface area (TPSA) is 40.2 Å². The lowest BCUT2D eigenvalue weighted by Crippen LogP contribution is -3.14. The number of hydrogen-bond acceptors (Lipinski definition) is 4. The van der Waals surface area contributed by atoms with Gasteiger partial charge in [-0.25, -0.2) is 9.38 Å². The highest BCUT2D eigenvalue weighted by Crippen LogP contribution is 2.22. The van der Waals surface area contributed by atoms with Gasteiger partial charge >= 0.3 is 0 Å². The lowest BCUT2D eigenvalue weighted by Gasteiger charge is -2.24. The molecule has 4 rings (SSSR count). The number of benzene rings is 2. The molecule has 1 saturated heterocycles. The van der Waals surface area contributed by atoms with E-state index >= 15 is 0 Å². The van der Waals surface area contributed by atoms with Crippen molar-refractivity contribution in [3.63, 3.8) is 0 Å². The van der Waals surface area contributed by atoms with Gasteiger partial charge < -0.3 is 18.9 Å². The van der Waals surface area contributed by atoms with Crippen LogP contribution >= 0.6 is 11.3 Å². The van der Waals surface area contributed by atoms with E-state index in [1.54, 1.807) is 18.4 Å². The molecule has 152 valence electrons. The molecule has 0 bridgehead atoms. The standard InChI is InChI=1S/C22H24FN3O2S/c1-27-20-8-6-19(7-9-20)24-22-26(11-10-25-12-14-28-15-13-25)21(16-29-22)17-2-4-18(23)5-3-17/h2-9,16H,10-15H2,1H3/p+1. The number of hydrogen-bond donors (Lipinski definition) is 1. The summed E-state index contributed by atoms with van der Waals surface area (Å²) < 4.78 is 26.3. The molecule has 29 heavy (non-hydrogen) atoms. The average molecular weight is 415 g/mol. The highest BCUT2D eigenvalue weighted by molar-refractivity contribution is 7.07. The maximum atomic E-state index is 13.4. The van der Waals surface area contributed by atoms with Gasteiger partial charge in [0.2, 0.25) is 0 Å². The fourth-order valence-corrected chi connectivity index (χ4v) is 4.39. The molecule has 1 aliphatic heterocycles. The Hall–Kier alpha value is -2.48. The molecule has 0 unspecified atom stereocenters. The monoisotopic (exact) mass is 414 g/mol. The van der Waals surface area contributed by atoms with Crippen molar-refractivity contribution in [2.45, 2.75) is 6.54 Å². The van der Waals surface area contributed by atoms with Crippen LogP contribution in [0.1, 0.15) is 0 Å². The first-order valence-corrected chi connectivity index (χ1v) is 10.7. The lowest BCUT2D eigenvalue weighted by atomic mass is 10.1. The first-order chi connectivity index (χ1) is 14.2. The number of nitrogens with zero attached hydrogens (tertiary/aromatic N) is 2. The third-order valence-corrected chi connectivity index (χ3v) is 5.99. The average Bonchev–Trinajstić information content (AvgIpc) is 3.16. The van der Waals surface area contributed by atoms with Crippen LogP contribution in [0.2, 0.25) is 0 Å². The van der Waals surface area contributed by atoms with Gasteiger partial charge in [0.05, 0.1) is 44.8 Å². The van der Waals surface area contributed by atoms with Crippen LogP contribution in [0.25, 0.3) is 11.3 Å². The number of thiazole rings is 1. The van der Waals surface area contributed by atoms with Gasteiger partial charge in [-0.1, -0.05) is 0 Å². The maximum Gasteiger partial charge on any atom is 0.190 e. The second-order valence-electron chi connectivity index (χ2n) is 6.98. The molecular formula is C22H25FN3O2S+. The Morgan fingerprint density at radius 3 is 2.52 bits per heavy atom. The maximum absolute atomic E-state index is 13.4. The van der Waals surface area contributed by atoms with Crippen LogP contribution in [-0.2, 0) is 11.3 Å². The van der Waals surface area contributed by atoms with Crippen molar-refractivity contribution in [3.8, 4) is 17.0 Å². The minimum atomic E-state index is -0.226. The molecule has 0 saturated carbocycles. The smallest absolute Gasteiger partial charge is 0.190 e. The molecule has 0 aliphatic carbocycles. The van der Waals surface area contributed by atoms with Crippen LogP contribution in [0, 0.1) is 5.82 Å². The highest BCUT2D eigenvalue weighted by Gasteiger charge is 2.16. The molecule has 2 heterocycles. The van der Waals surface area contributed by atoms with Crippen LogP contribution in [-0.4, -0.2) is 44.5 Å². The second kappa shape index (κ2) is 9.35. The highest BCUT2D eigenvalue weighted by atomic mass is 32.1. The van der Waals surface area contributed by atoms with E-state index in [0.717, 1.165) is 66.9 Å². The van der Waals surface area contributed by atoms with Gasteiger partial charge in [0.15, 0.2) is 4.80 Å². The first kappa shape index (κ1) is 19.8. The van der Waals surface area contributed by atoms with E-state index in [-0.39, 0.29) is 5.82 Å². The van der Waals surface area contributed by atoms with E-state index < -0.39 is 0 Å². The van der Waals surface area contributed by atoms with Gasteiger partial charge in [-0.05, 0) is 54.1 Å². The Morgan fingerprint density at radius 2 is 1.83 bits per heavy atom. The van der Waals surface area contributed by atoms with Crippen molar-refractivity contribution in [2.24, 2.45) is 4.99 Å². The predicted molar refractivity (Wildman–Crippen MR) is 112 cm³/mol. The molecule has 7 heteroatoms.